The first-order valence-electron chi connectivity index (χ1n) is 12.1. The zero-order chi connectivity index (χ0) is 25.5. The van der Waals surface area contributed by atoms with Crippen molar-refractivity contribution in [2.24, 2.45) is 0 Å². The lowest BCUT2D eigenvalue weighted by Gasteiger charge is -2.40. The molecule has 1 aliphatic rings. The molecule has 0 aromatic heterocycles. The number of carbonyl (C=O) groups excluding carboxylic acids is 2. The van der Waals surface area contributed by atoms with Gasteiger partial charge >= 0.3 is 0 Å². The number of ether oxygens (including phenoxy) is 2. The van der Waals surface area contributed by atoms with Crippen LogP contribution in [0.25, 0.3) is 0 Å². The predicted molar refractivity (Wildman–Crippen MR) is 136 cm³/mol. The standard InChI is InChI=1S/C29H31FN2O4/c1-35-24-14-15-25(26(19-24)36-2)31-28(34)29(16-6-7-17-29)32(20-22-10-12-23(30)13-11-22)27(33)18-21-8-4-3-5-9-21/h3-5,8-15,19H,6-7,16-18,20H2,1-2H3,(H,31,34). The minimum Gasteiger partial charge on any atom is -0.497 e. The summed E-state index contributed by atoms with van der Waals surface area (Å²) < 4.78 is 24.3. The zero-order valence-corrected chi connectivity index (χ0v) is 20.6. The van der Waals surface area contributed by atoms with Crippen LogP contribution < -0.4 is 14.8 Å². The summed E-state index contributed by atoms with van der Waals surface area (Å²) in [5.74, 6) is 0.324. The Morgan fingerprint density at radius 2 is 1.61 bits per heavy atom. The molecule has 6 nitrogen and oxygen atoms in total. The maximum absolute atomic E-state index is 14.0. The van der Waals surface area contributed by atoms with Crippen molar-refractivity contribution < 1.29 is 23.5 Å². The van der Waals surface area contributed by atoms with Crippen molar-refractivity contribution in [3.63, 3.8) is 0 Å². The van der Waals surface area contributed by atoms with Gasteiger partial charge in [0.1, 0.15) is 22.9 Å². The second-order valence-corrected chi connectivity index (χ2v) is 9.03. The summed E-state index contributed by atoms with van der Waals surface area (Å²) in [7, 11) is 3.09. The number of halogens is 1. The van der Waals surface area contributed by atoms with Gasteiger partial charge in [-0.1, -0.05) is 55.3 Å². The fourth-order valence-electron chi connectivity index (χ4n) is 4.84. The Hall–Kier alpha value is -3.87. The maximum Gasteiger partial charge on any atom is 0.250 e. The van der Waals surface area contributed by atoms with E-state index in [2.05, 4.69) is 5.32 Å². The van der Waals surface area contributed by atoms with Crippen LogP contribution >= 0.6 is 0 Å². The molecule has 4 rings (SSSR count). The summed E-state index contributed by atoms with van der Waals surface area (Å²) in [6, 6.07) is 20.7. The summed E-state index contributed by atoms with van der Waals surface area (Å²) in [5, 5.41) is 3.02. The third-order valence-electron chi connectivity index (χ3n) is 6.78. The highest BCUT2D eigenvalue weighted by Crippen LogP contribution is 2.39. The van der Waals surface area contributed by atoms with Crippen LogP contribution in [0.3, 0.4) is 0 Å². The van der Waals surface area contributed by atoms with Crippen molar-refractivity contribution in [2.45, 2.75) is 44.2 Å². The minimum absolute atomic E-state index is 0.149. The van der Waals surface area contributed by atoms with Gasteiger partial charge in [-0.05, 0) is 48.2 Å². The van der Waals surface area contributed by atoms with Crippen molar-refractivity contribution >= 4 is 17.5 Å². The Kier molecular flexibility index (Phi) is 7.88. The van der Waals surface area contributed by atoms with E-state index in [1.807, 2.05) is 30.3 Å². The number of hydrogen-bond acceptors (Lipinski definition) is 4. The van der Waals surface area contributed by atoms with E-state index in [9.17, 15) is 14.0 Å². The van der Waals surface area contributed by atoms with E-state index in [0.29, 0.717) is 30.0 Å². The minimum atomic E-state index is -1.04. The SMILES string of the molecule is COc1ccc(NC(=O)C2(N(Cc3ccc(F)cc3)C(=O)Cc3ccccc3)CCCC2)c(OC)c1. The van der Waals surface area contributed by atoms with Gasteiger partial charge in [-0.3, -0.25) is 9.59 Å². The highest BCUT2D eigenvalue weighted by molar-refractivity contribution is 6.02. The van der Waals surface area contributed by atoms with Crippen molar-refractivity contribution in [3.05, 3.63) is 89.7 Å². The van der Waals surface area contributed by atoms with Gasteiger partial charge in [0.25, 0.3) is 0 Å². The van der Waals surface area contributed by atoms with Crippen molar-refractivity contribution in [1.29, 1.82) is 0 Å². The molecule has 0 unspecified atom stereocenters. The summed E-state index contributed by atoms with van der Waals surface area (Å²) in [6.07, 6.45) is 2.90. The van der Waals surface area contributed by atoms with Gasteiger partial charge in [0.05, 0.1) is 26.3 Å². The quantitative estimate of drug-likeness (QED) is 0.438. The van der Waals surface area contributed by atoms with Crippen LogP contribution in [-0.2, 0) is 22.6 Å². The molecule has 7 heteroatoms. The average molecular weight is 491 g/mol. The lowest BCUT2D eigenvalue weighted by molar-refractivity contribution is -0.145. The van der Waals surface area contributed by atoms with E-state index in [1.165, 1.54) is 19.2 Å². The van der Waals surface area contributed by atoms with E-state index in [4.69, 9.17) is 9.47 Å². The van der Waals surface area contributed by atoms with Crippen LogP contribution in [0.1, 0.15) is 36.8 Å². The van der Waals surface area contributed by atoms with E-state index in [1.54, 1.807) is 42.3 Å². The van der Waals surface area contributed by atoms with E-state index in [-0.39, 0.29) is 30.6 Å². The number of anilines is 1. The van der Waals surface area contributed by atoms with Crippen LogP contribution in [0.15, 0.2) is 72.8 Å². The van der Waals surface area contributed by atoms with E-state index in [0.717, 1.165) is 24.0 Å². The molecule has 2 amide bonds. The molecular weight excluding hydrogens is 459 g/mol. The molecule has 0 bridgehead atoms. The third-order valence-corrected chi connectivity index (χ3v) is 6.78. The van der Waals surface area contributed by atoms with Crippen LogP contribution in [0, 0.1) is 5.82 Å². The Balaban J connectivity index is 1.68. The van der Waals surface area contributed by atoms with Crippen LogP contribution in [0.4, 0.5) is 10.1 Å². The second-order valence-electron chi connectivity index (χ2n) is 9.03. The Morgan fingerprint density at radius 1 is 0.917 bits per heavy atom. The molecule has 1 aliphatic carbocycles. The van der Waals surface area contributed by atoms with Gasteiger partial charge < -0.3 is 19.7 Å². The number of carbonyl (C=O) groups is 2. The molecule has 0 aliphatic heterocycles. The van der Waals surface area contributed by atoms with Crippen molar-refractivity contribution in [2.75, 3.05) is 19.5 Å². The number of amides is 2. The predicted octanol–water partition coefficient (Wildman–Crippen LogP) is 5.37. The summed E-state index contributed by atoms with van der Waals surface area (Å²) in [6.45, 7) is 0.207. The van der Waals surface area contributed by atoms with Gasteiger partial charge in [-0.2, -0.15) is 0 Å². The highest BCUT2D eigenvalue weighted by atomic mass is 19.1. The first-order valence-corrected chi connectivity index (χ1v) is 12.1. The molecule has 3 aromatic carbocycles. The van der Waals surface area contributed by atoms with Gasteiger partial charge in [0, 0.05) is 12.6 Å². The van der Waals surface area contributed by atoms with Gasteiger partial charge in [-0.15, -0.1) is 0 Å². The number of hydrogen-bond donors (Lipinski definition) is 1. The fraction of sp³-hybridized carbons (Fsp3) is 0.310. The number of benzene rings is 3. The largest absolute Gasteiger partial charge is 0.497 e. The van der Waals surface area contributed by atoms with E-state index >= 15 is 0 Å². The Labute approximate surface area is 211 Å². The Bertz CT molecular complexity index is 1190. The molecule has 0 heterocycles. The molecule has 1 N–H and O–H groups in total. The Morgan fingerprint density at radius 3 is 2.25 bits per heavy atom. The summed E-state index contributed by atoms with van der Waals surface area (Å²) >= 11 is 0. The number of nitrogens with zero attached hydrogens (tertiary/aromatic N) is 1. The molecule has 36 heavy (non-hydrogen) atoms. The number of rotatable bonds is 9. The van der Waals surface area contributed by atoms with Crippen LogP contribution in [-0.4, -0.2) is 36.5 Å². The average Bonchev–Trinajstić information content (AvgIpc) is 3.40. The molecule has 0 saturated heterocycles. The maximum atomic E-state index is 14.0. The first-order chi connectivity index (χ1) is 17.4. The van der Waals surface area contributed by atoms with Gasteiger partial charge in [0.2, 0.25) is 11.8 Å². The molecule has 188 valence electrons. The molecule has 1 saturated carbocycles. The molecule has 0 atom stereocenters. The van der Waals surface area contributed by atoms with Crippen molar-refractivity contribution in [1.82, 2.24) is 4.90 Å². The van der Waals surface area contributed by atoms with E-state index < -0.39 is 5.54 Å². The van der Waals surface area contributed by atoms with Crippen LogP contribution in [0.5, 0.6) is 11.5 Å². The molecule has 1 fully saturated rings. The molecule has 3 aromatic rings. The van der Waals surface area contributed by atoms with Crippen LogP contribution in [0.2, 0.25) is 0 Å². The monoisotopic (exact) mass is 490 g/mol. The fourth-order valence-corrected chi connectivity index (χ4v) is 4.84. The van der Waals surface area contributed by atoms with Gasteiger partial charge in [0.15, 0.2) is 0 Å². The normalized spacial score (nSPS) is 14.2. The zero-order valence-electron chi connectivity index (χ0n) is 20.6. The highest BCUT2D eigenvalue weighted by Gasteiger charge is 2.48. The second kappa shape index (κ2) is 11.2. The molecule has 0 radical (unpaired) electrons. The lowest BCUT2D eigenvalue weighted by Crippen LogP contribution is -2.57. The first kappa shape index (κ1) is 25.2. The number of nitrogens with one attached hydrogen (secondary N) is 1. The summed E-state index contributed by atoms with van der Waals surface area (Å²) in [4.78, 5) is 29.4. The lowest BCUT2D eigenvalue weighted by atomic mass is 9.91. The topological polar surface area (TPSA) is 67.9 Å². The van der Waals surface area contributed by atoms with Crippen molar-refractivity contribution in [3.8, 4) is 11.5 Å². The van der Waals surface area contributed by atoms with Gasteiger partial charge in [-0.25, -0.2) is 4.39 Å². The summed E-state index contributed by atoms with van der Waals surface area (Å²) in [5.41, 5.74) is 1.10. The third kappa shape index (κ3) is 5.51. The molecule has 0 spiro atoms. The smallest absolute Gasteiger partial charge is 0.250 e. The number of methoxy groups -OCH3 is 2. The molecular formula is C29H31FN2O4.